The fraction of sp³-hybridized carbons (Fsp3) is 0.882. The third kappa shape index (κ3) is 4.21. The minimum absolute atomic E-state index is 0.132. The fourth-order valence-corrected chi connectivity index (χ4v) is 3.35. The Balaban J connectivity index is 1.85. The Morgan fingerprint density at radius 3 is 1.81 bits per heavy atom. The monoisotopic (exact) mass is 294 g/mol. The van der Waals surface area contributed by atoms with Crippen LogP contribution in [0.5, 0.6) is 0 Å². The van der Waals surface area contributed by atoms with Crippen molar-refractivity contribution in [3.8, 4) is 0 Å². The molecule has 0 N–H and O–H groups in total. The molecule has 120 valence electrons. The smallest absolute Gasteiger partial charge is 0.227 e. The zero-order valence-corrected chi connectivity index (χ0v) is 13.9. The molecular formula is C17H30N2O2. The predicted molar refractivity (Wildman–Crippen MR) is 83.8 cm³/mol. The van der Waals surface area contributed by atoms with Gasteiger partial charge in [0.15, 0.2) is 0 Å². The lowest BCUT2D eigenvalue weighted by Gasteiger charge is -2.36. The Kier molecular flexibility index (Phi) is 5.28. The van der Waals surface area contributed by atoms with E-state index in [2.05, 4.69) is 4.90 Å². The van der Waals surface area contributed by atoms with Crippen molar-refractivity contribution in [3.63, 3.8) is 0 Å². The summed E-state index contributed by atoms with van der Waals surface area (Å²) in [4.78, 5) is 28.9. The van der Waals surface area contributed by atoms with Gasteiger partial charge in [-0.2, -0.15) is 0 Å². The lowest BCUT2D eigenvalue weighted by molar-refractivity contribution is -0.144. The van der Waals surface area contributed by atoms with Gasteiger partial charge in [0.1, 0.15) is 0 Å². The molecule has 2 saturated heterocycles. The third-order valence-electron chi connectivity index (χ3n) is 4.69. The molecule has 0 unspecified atom stereocenters. The molecule has 2 aliphatic heterocycles. The van der Waals surface area contributed by atoms with E-state index < -0.39 is 0 Å². The molecule has 2 amide bonds. The van der Waals surface area contributed by atoms with Gasteiger partial charge in [-0.25, -0.2) is 0 Å². The lowest BCUT2D eigenvalue weighted by Crippen LogP contribution is -2.47. The average molecular weight is 294 g/mol. The molecule has 2 fully saturated rings. The van der Waals surface area contributed by atoms with Gasteiger partial charge in [-0.1, -0.05) is 33.6 Å². The minimum atomic E-state index is -0.318. The minimum Gasteiger partial charge on any atom is -0.342 e. The van der Waals surface area contributed by atoms with Gasteiger partial charge in [0.05, 0.1) is 0 Å². The topological polar surface area (TPSA) is 40.6 Å². The zero-order chi connectivity index (χ0) is 15.5. The molecule has 4 heteroatoms. The van der Waals surface area contributed by atoms with Crippen molar-refractivity contribution in [1.82, 2.24) is 9.80 Å². The maximum Gasteiger partial charge on any atom is 0.227 e. The molecule has 0 aromatic carbocycles. The highest BCUT2D eigenvalue weighted by atomic mass is 16.2. The van der Waals surface area contributed by atoms with Crippen molar-refractivity contribution in [2.45, 2.75) is 59.3 Å². The molecule has 4 nitrogen and oxygen atoms in total. The van der Waals surface area contributed by atoms with Crippen LogP contribution in [0.4, 0.5) is 0 Å². The fourth-order valence-electron chi connectivity index (χ4n) is 3.35. The molecule has 0 atom stereocenters. The molecule has 0 aromatic rings. The van der Waals surface area contributed by atoms with E-state index in [1.807, 2.05) is 25.7 Å². The van der Waals surface area contributed by atoms with Crippen LogP contribution < -0.4 is 0 Å². The second-order valence-electron chi connectivity index (χ2n) is 7.56. The summed E-state index contributed by atoms with van der Waals surface area (Å²) >= 11 is 0. The van der Waals surface area contributed by atoms with Crippen molar-refractivity contribution in [2.24, 2.45) is 11.3 Å². The van der Waals surface area contributed by atoms with Gasteiger partial charge in [0, 0.05) is 37.5 Å². The van der Waals surface area contributed by atoms with Crippen LogP contribution in [0.1, 0.15) is 59.3 Å². The number of carbonyl (C=O) groups excluding carboxylic acids is 2. The first-order valence-electron chi connectivity index (χ1n) is 8.48. The molecule has 0 spiro atoms. The summed E-state index contributed by atoms with van der Waals surface area (Å²) < 4.78 is 0. The first-order valence-corrected chi connectivity index (χ1v) is 8.48. The molecule has 0 aromatic heterocycles. The first kappa shape index (κ1) is 16.3. The van der Waals surface area contributed by atoms with E-state index in [9.17, 15) is 9.59 Å². The highest BCUT2D eigenvalue weighted by Gasteiger charge is 2.33. The van der Waals surface area contributed by atoms with Crippen molar-refractivity contribution in [3.05, 3.63) is 0 Å². The van der Waals surface area contributed by atoms with Gasteiger partial charge in [-0.15, -0.1) is 0 Å². The van der Waals surface area contributed by atoms with Crippen LogP contribution in [0.15, 0.2) is 0 Å². The van der Waals surface area contributed by atoms with Crippen molar-refractivity contribution >= 4 is 11.8 Å². The second kappa shape index (κ2) is 6.80. The SMILES string of the molecule is CC(C)(C)C(=O)N1CCC(C(=O)N2CCCCCC2)CC1. The molecule has 2 heterocycles. The number of hydrogen-bond acceptors (Lipinski definition) is 2. The lowest BCUT2D eigenvalue weighted by atomic mass is 9.90. The standard InChI is InChI=1S/C17H30N2O2/c1-17(2,3)16(21)19-12-8-14(9-13-19)15(20)18-10-6-4-5-7-11-18/h14H,4-13H2,1-3H3. The van der Waals surface area contributed by atoms with E-state index in [4.69, 9.17) is 0 Å². The highest BCUT2D eigenvalue weighted by molar-refractivity contribution is 5.82. The predicted octanol–water partition coefficient (Wildman–Crippen LogP) is 2.67. The summed E-state index contributed by atoms with van der Waals surface area (Å²) in [6, 6.07) is 0. The zero-order valence-electron chi connectivity index (χ0n) is 13.9. The van der Waals surface area contributed by atoms with E-state index in [-0.39, 0.29) is 17.2 Å². The third-order valence-corrected chi connectivity index (χ3v) is 4.69. The van der Waals surface area contributed by atoms with Crippen LogP contribution in [0.25, 0.3) is 0 Å². The quantitative estimate of drug-likeness (QED) is 0.746. The summed E-state index contributed by atoms with van der Waals surface area (Å²) in [5.41, 5.74) is -0.318. The van der Waals surface area contributed by atoms with E-state index in [0.717, 1.165) is 51.9 Å². The Morgan fingerprint density at radius 1 is 0.810 bits per heavy atom. The van der Waals surface area contributed by atoms with E-state index >= 15 is 0 Å². The van der Waals surface area contributed by atoms with Gasteiger partial charge in [0.2, 0.25) is 11.8 Å². The number of likely N-dealkylation sites (tertiary alicyclic amines) is 2. The Bertz CT molecular complexity index is 371. The maximum atomic E-state index is 12.6. The summed E-state index contributed by atoms with van der Waals surface area (Å²) in [6.45, 7) is 9.22. The Morgan fingerprint density at radius 2 is 1.33 bits per heavy atom. The Hall–Kier alpha value is -1.06. The molecule has 0 aliphatic carbocycles. The average Bonchev–Trinajstić information content (AvgIpc) is 2.74. The van der Waals surface area contributed by atoms with Crippen LogP contribution in [0.3, 0.4) is 0 Å². The number of hydrogen-bond donors (Lipinski definition) is 0. The Labute approximate surface area is 128 Å². The van der Waals surface area contributed by atoms with Gasteiger partial charge in [-0.05, 0) is 25.7 Å². The summed E-state index contributed by atoms with van der Waals surface area (Å²) in [6.07, 6.45) is 6.46. The summed E-state index contributed by atoms with van der Waals surface area (Å²) in [7, 11) is 0. The van der Waals surface area contributed by atoms with Gasteiger partial charge in [0.25, 0.3) is 0 Å². The van der Waals surface area contributed by atoms with Gasteiger partial charge >= 0.3 is 0 Å². The summed E-state index contributed by atoms with van der Waals surface area (Å²) in [5, 5.41) is 0. The number of carbonyl (C=O) groups is 2. The van der Waals surface area contributed by atoms with E-state index in [1.165, 1.54) is 12.8 Å². The van der Waals surface area contributed by atoms with Crippen molar-refractivity contribution in [1.29, 1.82) is 0 Å². The van der Waals surface area contributed by atoms with E-state index in [1.54, 1.807) is 0 Å². The molecular weight excluding hydrogens is 264 g/mol. The molecule has 2 rings (SSSR count). The number of piperidine rings is 1. The first-order chi connectivity index (χ1) is 9.89. The molecule has 0 bridgehead atoms. The highest BCUT2D eigenvalue weighted by Crippen LogP contribution is 2.25. The second-order valence-corrected chi connectivity index (χ2v) is 7.56. The van der Waals surface area contributed by atoms with Crippen molar-refractivity contribution in [2.75, 3.05) is 26.2 Å². The molecule has 21 heavy (non-hydrogen) atoms. The van der Waals surface area contributed by atoms with Crippen LogP contribution in [-0.4, -0.2) is 47.8 Å². The van der Waals surface area contributed by atoms with Crippen molar-refractivity contribution < 1.29 is 9.59 Å². The molecule has 0 saturated carbocycles. The van der Waals surface area contributed by atoms with Crippen LogP contribution in [0.2, 0.25) is 0 Å². The number of rotatable bonds is 1. The van der Waals surface area contributed by atoms with Gasteiger partial charge in [-0.3, -0.25) is 9.59 Å². The normalized spacial score (nSPS) is 22.0. The van der Waals surface area contributed by atoms with E-state index in [0.29, 0.717) is 5.91 Å². The van der Waals surface area contributed by atoms with Crippen LogP contribution in [-0.2, 0) is 9.59 Å². The molecule has 2 aliphatic rings. The molecule has 0 radical (unpaired) electrons. The summed E-state index contributed by atoms with van der Waals surface area (Å²) in [5.74, 6) is 0.676. The van der Waals surface area contributed by atoms with Crippen LogP contribution >= 0.6 is 0 Å². The largest absolute Gasteiger partial charge is 0.342 e. The maximum absolute atomic E-state index is 12.6. The number of nitrogens with zero attached hydrogens (tertiary/aromatic N) is 2. The number of amides is 2. The van der Waals surface area contributed by atoms with Gasteiger partial charge < -0.3 is 9.80 Å². The van der Waals surface area contributed by atoms with Crippen LogP contribution in [0, 0.1) is 11.3 Å².